The summed E-state index contributed by atoms with van der Waals surface area (Å²) in [4.78, 5) is 16.3. The van der Waals surface area contributed by atoms with Crippen molar-refractivity contribution in [2.75, 3.05) is 13.2 Å². The molecule has 22 heavy (non-hydrogen) atoms. The molecule has 1 saturated carbocycles. The van der Waals surface area contributed by atoms with Gasteiger partial charge in [-0.2, -0.15) is 0 Å². The Morgan fingerprint density at radius 3 is 2.41 bits per heavy atom. The molecule has 0 aromatic carbocycles. The number of thiophene rings is 1. The smallest absolute Gasteiger partial charge is 0.317 e. The highest BCUT2D eigenvalue weighted by Gasteiger charge is 2.45. The molecular weight excluding hydrogens is 294 g/mol. The number of ether oxygens (including phenoxy) is 1. The van der Waals surface area contributed by atoms with Gasteiger partial charge in [-0.15, -0.1) is 11.3 Å². The number of hydrogen-bond acceptors (Lipinski definition) is 4. The lowest BCUT2D eigenvalue weighted by molar-refractivity contribution is -0.151. The van der Waals surface area contributed by atoms with Gasteiger partial charge in [-0.25, -0.2) is 0 Å². The third-order valence-electron chi connectivity index (χ3n) is 4.75. The van der Waals surface area contributed by atoms with Crippen molar-refractivity contribution in [3.05, 3.63) is 22.4 Å². The lowest BCUT2D eigenvalue weighted by Crippen LogP contribution is -2.41. The molecule has 0 atom stereocenters. The van der Waals surface area contributed by atoms with Crippen LogP contribution >= 0.6 is 11.3 Å². The zero-order valence-corrected chi connectivity index (χ0v) is 15.1. The topological polar surface area (TPSA) is 29.5 Å². The number of carbonyl (C=O) groups excluding carboxylic acids is 1. The quantitative estimate of drug-likeness (QED) is 0.704. The molecular formula is C18H29NO2S. The van der Waals surface area contributed by atoms with Crippen LogP contribution < -0.4 is 0 Å². The Hall–Kier alpha value is -0.870. The maximum atomic E-state index is 12.8. The minimum absolute atomic E-state index is 0.0140. The molecule has 0 amide bonds. The van der Waals surface area contributed by atoms with Gasteiger partial charge in [0.15, 0.2) is 0 Å². The van der Waals surface area contributed by atoms with Crippen LogP contribution in [0.25, 0.3) is 0 Å². The molecule has 1 heterocycles. The largest absolute Gasteiger partial charge is 0.464 e. The van der Waals surface area contributed by atoms with Crippen molar-refractivity contribution in [2.24, 2.45) is 0 Å². The summed E-state index contributed by atoms with van der Waals surface area (Å²) in [6.07, 6.45) is 4.11. The highest BCUT2D eigenvalue weighted by atomic mass is 32.1. The standard InChI is InChI=1S/C18H29NO2S/c1-14(2)19(15(3)4)11-12-21-17(20)18(9-5-6-10-18)16-8-7-13-22-16/h7-8,13-15H,5-6,9-12H2,1-4H3. The second kappa shape index (κ2) is 7.60. The summed E-state index contributed by atoms with van der Waals surface area (Å²) in [5.41, 5.74) is -0.366. The Balaban J connectivity index is 1.96. The van der Waals surface area contributed by atoms with Crippen molar-refractivity contribution in [3.63, 3.8) is 0 Å². The molecule has 124 valence electrons. The van der Waals surface area contributed by atoms with Crippen LogP contribution in [0.3, 0.4) is 0 Å². The van der Waals surface area contributed by atoms with Crippen molar-refractivity contribution in [2.45, 2.75) is 70.9 Å². The molecule has 0 spiro atoms. The zero-order chi connectivity index (χ0) is 16.2. The summed E-state index contributed by atoms with van der Waals surface area (Å²) in [6.45, 7) is 10.0. The molecule has 1 aliphatic carbocycles. The van der Waals surface area contributed by atoms with E-state index < -0.39 is 0 Å². The van der Waals surface area contributed by atoms with E-state index in [1.807, 2.05) is 6.07 Å². The average molecular weight is 324 g/mol. The van der Waals surface area contributed by atoms with E-state index in [1.54, 1.807) is 11.3 Å². The number of esters is 1. The molecule has 4 heteroatoms. The van der Waals surface area contributed by atoms with Crippen LogP contribution in [0.2, 0.25) is 0 Å². The predicted molar refractivity (Wildman–Crippen MR) is 92.4 cm³/mol. The van der Waals surface area contributed by atoms with Crippen molar-refractivity contribution >= 4 is 17.3 Å². The summed E-state index contributed by atoms with van der Waals surface area (Å²) in [5.74, 6) is -0.0140. The van der Waals surface area contributed by atoms with Crippen LogP contribution in [0, 0.1) is 0 Å². The Labute approximate surface area is 138 Å². The zero-order valence-electron chi connectivity index (χ0n) is 14.3. The Kier molecular flexibility index (Phi) is 6.04. The van der Waals surface area contributed by atoms with E-state index in [9.17, 15) is 4.79 Å². The van der Waals surface area contributed by atoms with Gasteiger partial charge in [-0.1, -0.05) is 18.9 Å². The summed E-state index contributed by atoms with van der Waals surface area (Å²) < 4.78 is 5.71. The second-order valence-electron chi connectivity index (χ2n) is 6.83. The molecule has 0 aliphatic heterocycles. The van der Waals surface area contributed by atoms with E-state index in [2.05, 4.69) is 44.0 Å². The molecule has 0 saturated heterocycles. The Bertz CT molecular complexity index is 453. The summed E-state index contributed by atoms with van der Waals surface area (Å²) in [7, 11) is 0. The lowest BCUT2D eigenvalue weighted by atomic mass is 9.84. The van der Waals surface area contributed by atoms with Gasteiger partial charge in [0, 0.05) is 23.5 Å². The maximum Gasteiger partial charge on any atom is 0.317 e. The van der Waals surface area contributed by atoms with E-state index in [0.29, 0.717) is 18.7 Å². The van der Waals surface area contributed by atoms with Crippen LogP contribution in [0.4, 0.5) is 0 Å². The summed E-state index contributed by atoms with van der Waals surface area (Å²) in [6, 6.07) is 5.06. The average Bonchev–Trinajstić information content (AvgIpc) is 3.12. The van der Waals surface area contributed by atoms with Crippen molar-refractivity contribution in [1.29, 1.82) is 0 Å². The lowest BCUT2D eigenvalue weighted by Gasteiger charge is -2.31. The first-order valence-corrected chi connectivity index (χ1v) is 9.32. The fourth-order valence-electron chi connectivity index (χ4n) is 3.58. The van der Waals surface area contributed by atoms with Gasteiger partial charge in [-0.05, 0) is 52.0 Å². The van der Waals surface area contributed by atoms with Gasteiger partial charge >= 0.3 is 5.97 Å². The van der Waals surface area contributed by atoms with Gasteiger partial charge in [0.1, 0.15) is 12.0 Å². The second-order valence-corrected chi connectivity index (χ2v) is 7.78. The van der Waals surface area contributed by atoms with E-state index in [0.717, 1.165) is 32.2 Å². The normalized spacial score (nSPS) is 17.6. The third kappa shape index (κ3) is 3.72. The first-order valence-electron chi connectivity index (χ1n) is 8.44. The Morgan fingerprint density at radius 2 is 1.91 bits per heavy atom. The molecule has 2 rings (SSSR count). The van der Waals surface area contributed by atoms with E-state index >= 15 is 0 Å². The summed E-state index contributed by atoms with van der Waals surface area (Å²) >= 11 is 1.69. The van der Waals surface area contributed by atoms with Crippen LogP contribution in [0.1, 0.15) is 58.3 Å². The molecule has 0 N–H and O–H groups in total. The number of nitrogens with zero attached hydrogens (tertiary/aromatic N) is 1. The molecule has 0 radical (unpaired) electrons. The predicted octanol–water partition coefficient (Wildman–Crippen LogP) is 4.22. The fraction of sp³-hybridized carbons (Fsp3) is 0.722. The monoisotopic (exact) mass is 323 g/mol. The van der Waals surface area contributed by atoms with Gasteiger partial charge < -0.3 is 4.74 Å². The minimum Gasteiger partial charge on any atom is -0.464 e. The fourth-order valence-corrected chi connectivity index (χ4v) is 4.55. The first kappa shape index (κ1) is 17.5. The van der Waals surface area contributed by atoms with Crippen LogP contribution in [0.15, 0.2) is 17.5 Å². The SMILES string of the molecule is CC(C)N(CCOC(=O)C1(c2cccs2)CCCC1)C(C)C. The van der Waals surface area contributed by atoms with E-state index in [-0.39, 0.29) is 11.4 Å². The highest BCUT2D eigenvalue weighted by molar-refractivity contribution is 7.10. The first-order chi connectivity index (χ1) is 10.5. The van der Waals surface area contributed by atoms with Gasteiger partial charge in [-0.3, -0.25) is 9.69 Å². The van der Waals surface area contributed by atoms with Crippen LogP contribution in [-0.2, 0) is 14.9 Å². The van der Waals surface area contributed by atoms with Crippen LogP contribution in [0.5, 0.6) is 0 Å². The van der Waals surface area contributed by atoms with Gasteiger partial charge in [0.2, 0.25) is 0 Å². The third-order valence-corrected chi connectivity index (χ3v) is 5.82. The molecule has 1 aromatic heterocycles. The molecule has 1 fully saturated rings. The minimum atomic E-state index is -0.366. The van der Waals surface area contributed by atoms with Crippen molar-refractivity contribution < 1.29 is 9.53 Å². The molecule has 0 unspecified atom stereocenters. The molecule has 3 nitrogen and oxygen atoms in total. The molecule has 0 bridgehead atoms. The molecule has 1 aliphatic rings. The van der Waals surface area contributed by atoms with E-state index in [1.165, 1.54) is 4.88 Å². The van der Waals surface area contributed by atoms with Gasteiger partial charge in [0.05, 0.1) is 0 Å². The van der Waals surface area contributed by atoms with E-state index in [4.69, 9.17) is 4.74 Å². The Morgan fingerprint density at radius 1 is 1.27 bits per heavy atom. The van der Waals surface area contributed by atoms with Crippen molar-refractivity contribution in [3.8, 4) is 0 Å². The number of hydrogen-bond donors (Lipinski definition) is 0. The maximum absolute atomic E-state index is 12.8. The highest BCUT2D eigenvalue weighted by Crippen LogP contribution is 2.44. The summed E-state index contributed by atoms with van der Waals surface area (Å²) in [5, 5.41) is 2.06. The number of rotatable bonds is 7. The van der Waals surface area contributed by atoms with Gasteiger partial charge in [0.25, 0.3) is 0 Å². The van der Waals surface area contributed by atoms with Crippen molar-refractivity contribution in [1.82, 2.24) is 4.90 Å². The number of carbonyl (C=O) groups is 1. The molecule has 1 aromatic rings. The van der Waals surface area contributed by atoms with Crippen LogP contribution in [-0.4, -0.2) is 36.1 Å².